The highest BCUT2D eigenvalue weighted by molar-refractivity contribution is 6.05. The molecule has 0 saturated carbocycles. The number of alkyl carbamates (subject to hydrolysis) is 2. The number of benzene rings is 4. The van der Waals surface area contributed by atoms with Gasteiger partial charge in [-0.15, -0.1) is 0 Å². The molecule has 0 bridgehead atoms. The fourth-order valence-electron chi connectivity index (χ4n) is 11.0. The van der Waals surface area contributed by atoms with E-state index in [1.807, 2.05) is 6.92 Å². The van der Waals surface area contributed by atoms with E-state index in [-0.39, 0.29) is 116 Å². The zero-order valence-electron chi connectivity index (χ0n) is 58.8. The maximum atomic E-state index is 14.3. The van der Waals surface area contributed by atoms with Crippen LogP contribution in [0.25, 0.3) is 0 Å². The summed E-state index contributed by atoms with van der Waals surface area (Å²) in [6, 6.07) is 14.6. The lowest BCUT2D eigenvalue weighted by Crippen LogP contribution is -2.53. The maximum Gasteiger partial charge on any atom is 0.411 e. The maximum absolute atomic E-state index is 14.3. The second-order valence-corrected chi connectivity index (χ2v) is 24.8. The number of aliphatic hydroxyl groups excluding tert-OH is 1. The number of amides is 10. The summed E-state index contributed by atoms with van der Waals surface area (Å²) in [5, 5.41) is 31.2. The number of rotatable bonds is 36. The molecule has 548 valence electrons. The van der Waals surface area contributed by atoms with Gasteiger partial charge < -0.3 is 84.7 Å². The summed E-state index contributed by atoms with van der Waals surface area (Å²) in [6.07, 6.45) is 4.70. The highest BCUT2D eigenvalue weighted by atomic mass is 16.6. The second kappa shape index (κ2) is 39.9. The van der Waals surface area contributed by atoms with Gasteiger partial charge in [-0.05, 0) is 125 Å². The zero-order chi connectivity index (χ0) is 73.7. The predicted molar refractivity (Wildman–Crippen MR) is 376 cm³/mol. The van der Waals surface area contributed by atoms with Gasteiger partial charge >= 0.3 is 24.4 Å². The van der Waals surface area contributed by atoms with Gasteiger partial charge in [-0.1, -0.05) is 84.2 Å². The van der Waals surface area contributed by atoms with Gasteiger partial charge in [0.05, 0.1) is 62.6 Å². The van der Waals surface area contributed by atoms with Crippen molar-refractivity contribution in [3.63, 3.8) is 0 Å². The van der Waals surface area contributed by atoms with Crippen molar-refractivity contribution >= 4 is 82.6 Å². The van der Waals surface area contributed by atoms with Crippen molar-refractivity contribution < 1.29 is 90.9 Å². The molecule has 2 saturated heterocycles. The van der Waals surface area contributed by atoms with Crippen LogP contribution in [-0.2, 0) is 51.3 Å². The van der Waals surface area contributed by atoms with Crippen molar-refractivity contribution in [1.29, 1.82) is 0 Å². The Hall–Kier alpha value is -10.6. The fourth-order valence-corrected chi connectivity index (χ4v) is 11.0. The molecule has 2 aliphatic heterocycles. The molecule has 4 aromatic carbocycles. The molecule has 10 amide bonds. The summed E-state index contributed by atoms with van der Waals surface area (Å²) in [5.74, 6) is -2.68. The first kappa shape index (κ1) is 79.4. The van der Waals surface area contributed by atoms with Crippen LogP contribution in [0.3, 0.4) is 0 Å². The molecule has 9 N–H and O–H groups in total. The molecule has 6 rings (SSSR count). The van der Waals surface area contributed by atoms with E-state index in [1.54, 1.807) is 86.0 Å². The van der Waals surface area contributed by atoms with Gasteiger partial charge in [-0.2, -0.15) is 0 Å². The van der Waals surface area contributed by atoms with Crippen molar-refractivity contribution in [2.24, 2.45) is 11.8 Å². The number of anilines is 4. The molecule has 0 aliphatic carbocycles. The van der Waals surface area contributed by atoms with Gasteiger partial charge in [0.15, 0.2) is 23.0 Å². The molecule has 0 unspecified atom stereocenters. The van der Waals surface area contributed by atoms with Gasteiger partial charge in [-0.25, -0.2) is 19.2 Å². The van der Waals surface area contributed by atoms with Gasteiger partial charge in [0.25, 0.3) is 11.8 Å². The van der Waals surface area contributed by atoms with Crippen molar-refractivity contribution in [2.45, 2.75) is 149 Å². The number of carbonyl (C=O) groups excluding carboxylic acids is 10. The first-order valence-electron chi connectivity index (χ1n) is 33.7. The van der Waals surface area contributed by atoms with E-state index in [0.29, 0.717) is 67.7 Å². The Morgan fingerprint density at radius 1 is 0.505 bits per heavy atom. The number of nitrogens with one attached hydrogen (secondary N) is 8. The molecular formula is C72H96N10O19. The lowest BCUT2D eigenvalue weighted by atomic mass is 10.0. The molecule has 29 nitrogen and oxygen atoms in total. The molecule has 2 fully saturated rings. The lowest BCUT2D eigenvalue weighted by molar-refractivity contribution is -0.128. The summed E-state index contributed by atoms with van der Waals surface area (Å²) in [4.78, 5) is 135. The number of hydrogen-bond donors (Lipinski definition) is 9. The third kappa shape index (κ3) is 23.8. The summed E-state index contributed by atoms with van der Waals surface area (Å²) in [5.41, 5.74) is 2.34. The van der Waals surface area contributed by atoms with Gasteiger partial charge in [0, 0.05) is 42.6 Å². The molecule has 2 heterocycles. The average molecular weight is 1410 g/mol. The largest absolute Gasteiger partial charge is 0.493 e. The summed E-state index contributed by atoms with van der Waals surface area (Å²) in [7, 11) is 2.86. The van der Waals surface area contributed by atoms with E-state index in [9.17, 15) is 53.1 Å². The van der Waals surface area contributed by atoms with Gasteiger partial charge in [0.2, 0.25) is 23.6 Å². The standard InChI is InChI=1S/C72H96N10O19/c1-12-32-98-71(92)79-61(43(4)5)65(86)73-45(8)63(84)75-49-26-22-47(23-27-49)41-100-69(90)77-55-38-59(57(94-10)36-53(55)67(88)81-30-18-20-51(81)14-3)96-34-16-15-17-35-97-60-39-56(54(37-58(60)95-11)68(89)82-31-19-21-52(82)40-83)78-70(91)101-42-48-24-28-50(29-25-48)76-64(85)46(9)74-66(87)62(44(6)7)80-72(93)99-33-13-2/h12-13,22-29,36-39,43-46,51-52,61-62,83H,1-2,14-21,30-35,40-42H2,3-11H3,(H,73,86)(H,74,87)(H,75,84)(H,76,85)(H,77,90)(H,78,91)(H,79,92)(H,80,93)/t45-,46-,51+,52-,61-,62-/m0/s1. The predicted octanol–water partition coefficient (Wildman–Crippen LogP) is 9.20. The minimum absolute atomic E-state index is 0.00377. The average Bonchev–Trinajstić information content (AvgIpc) is 1.78. The minimum atomic E-state index is -0.992. The van der Waals surface area contributed by atoms with Crippen molar-refractivity contribution in [1.82, 2.24) is 31.1 Å². The molecule has 0 radical (unpaired) electrons. The normalized spacial score (nSPS) is 15.1. The number of ether oxygens (including phenoxy) is 8. The first-order chi connectivity index (χ1) is 48.4. The Bertz CT molecular complexity index is 3310. The topological polar surface area (TPSA) is 367 Å². The third-order valence-electron chi connectivity index (χ3n) is 16.6. The van der Waals surface area contributed by atoms with Crippen LogP contribution in [0.1, 0.15) is 132 Å². The number of hydrogen-bond acceptors (Lipinski definition) is 19. The molecule has 6 atom stereocenters. The Labute approximate surface area is 588 Å². The Morgan fingerprint density at radius 2 is 0.901 bits per heavy atom. The number of likely N-dealkylation sites (tertiary alicyclic amines) is 2. The molecular weight excluding hydrogens is 1310 g/mol. The summed E-state index contributed by atoms with van der Waals surface area (Å²) in [6.45, 7) is 19.5. The first-order valence-corrected chi connectivity index (χ1v) is 33.7. The number of carbonyl (C=O) groups is 10. The Kier molecular flexibility index (Phi) is 31.3. The van der Waals surface area contributed by atoms with E-state index >= 15 is 0 Å². The Balaban J connectivity index is 1.04. The number of nitrogens with zero attached hydrogens (tertiary/aromatic N) is 2. The molecule has 2 aliphatic rings. The quantitative estimate of drug-likeness (QED) is 0.0116. The summed E-state index contributed by atoms with van der Waals surface area (Å²) < 4.78 is 45.0. The smallest absolute Gasteiger partial charge is 0.411 e. The SMILES string of the molecule is C=CCOC(=O)N[C@H](C(=O)N[C@@H](C)C(=O)Nc1ccc(COC(=O)Nc2cc(OCCCCCOc3cc(NC(=O)OCc4ccc(NC(=O)[C@H](C)NC(=O)[C@@H](NC(=O)OCC=C)C(C)C)cc4)c(C(=O)N4CCC[C@H]4CO)cc3OC)c(OC)cc2C(=O)N2CCC[C@H]2CC)cc1)C(C)C. The van der Waals surface area contributed by atoms with E-state index in [2.05, 4.69) is 55.7 Å². The van der Waals surface area contributed by atoms with Crippen LogP contribution in [0, 0.1) is 11.8 Å². The van der Waals surface area contributed by atoms with Crippen molar-refractivity contribution in [3.05, 3.63) is 120 Å². The molecule has 4 aromatic rings. The second-order valence-electron chi connectivity index (χ2n) is 24.8. The van der Waals surface area contributed by atoms with Crippen LogP contribution < -0.4 is 61.5 Å². The highest BCUT2D eigenvalue weighted by Gasteiger charge is 2.35. The van der Waals surface area contributed by atoms with Crippen LogP contribution in [0.2, 0.25) is 0 Å². The van der Waals surface area contributed by atoms with Crippen molar-refractivity contribution in [2.75, 3.05) is 81.6 Å². The zero-order valence-corrected chi connectivity index (χ0v) is 58.8. The molecule has 0 aromatic heterocycles. The van der Waals surface area contributed by atoms with Crippen LogP contribution in [0.15, 0.2) is 98.1 Å². The molecule has 101 heavy (non-hydrogen) atoms. The van der Waals surface area contributed by atoms with E-state index in [4.69, 9.17) is 37.9 Å². The number of unbranched alkanes of at least 4 members (excludes halogenated alkanes) is 2. The van der Waals surface area contributed by atoms with Crippen molar-refractivity contribution in [3.8, 4) is 23.0 Å². The summed E-state index contributed by atoms with van der Waals surface area (Å²) >= 11 is 0. The van der Waals surface area contributed by atoms with Gasteiger partial charge in [0.1, 0.15) is 50.6 Å². The fraction of sp³-hybridized carbons (Fsp3) is 0.472. The van der Waals surface area contributed by atoms with Crippen LogP contribution in [-0.4, -0.2) is 171 Å². The van der Waals surface area contributed by atoms with Crippen LogP contribution >= 0.6 is 0 Å². The Morgan fingerprint density at radius 3 is 1.27 bits per heavy atom. The number of methoxy groups -OCH3 is 2. The lowest BCUT2D eigenvalue weighted by Gasteiger charge is -2.25. The third-order valence-corrected chi connectivity index (χ3v) is 16.6. The highest BCUT2D eigenvalue weighted by Crippen LogP contribution is 2.38. The monoisotopic (exact) mass is 1400 g/mol. The molecule has 0 spiro atoms. The minimum Gasteiger partial charge on any atom is -0.493 e. The van der Waals surface area contributed by atoms with E-state index in [0.717, 1.165) is 19.3 Å². The van der Waals surface area contributed by atoms with Crippen LogP contribution in [0.4, 0.5) is 41.9 Å². The van der Waals surface area contributed by atoms with Crippen LogP contribution in [0.5, 0.6) is 23.0 Å². The number of aliphatic hydroxyl groups is 1. The molecule has 29 heteroatoms. The van der Waals surface area contributed by atoms with E-state index < -0.39 is 84.1 Å². The van der Waals surface area contributed by atoms with Gasteiger partial charge in [-0.3, -0.25) is 39.4 Å². The van der Waals surface area contributed by atoms with E-state index in [1.165, 1.54) is 64.5 Å².